The third-order valence-electron chi connectivity index (χ3n) is 2.37. The second-order valence-corrected chi connectivity index (χ2v) is 6.40. The van der Waals surface area contributed by atoms with E-state index in [2.05, 4.69) is 0 Å². The molecule has 0 heterocycles. The van der Waals surface area contributed by atoms with Crippen LogP contribution in [0.5, 0.6) is 0 Å². The number of rotatable bonds is 2. The van der Waals surface area contributed by atoms with Gasteiger partial charge in [0.25, 0.3) is 20.2 Å². The first kappa shape index (κ1) is 16.6. The molecule has 0 bridgehead atoms. The van der Waals surface area contributed by atoms with E-state index >= 15 is 0 Å². The predicted molar refractivity (Wildman–Crippen MR) is 70.7 cm³/mol. The van der Waals surface area contributed by atoms with Crippen LogP contribution in [0.1, 0.15) is 0 Å². The zero-order chi connectivity index (χ0) is 13.6. The Morgan fingerprint density at radius 2 is 1.42 bits per heavy atom. The second kappa shape index (κ2) is 5.49. The molecule has 0 unspecified atom stereocenters. The average molecular weight is 312 g/mol. The van der Waals surface area contributed by atoms with Gasteiger partial charge in [-0.05, 0) is 17.5 Å². The van der Waals surface area contributed by atoms with Crippen molar-refractivity contribution in [2.24, 2.45) is 0 Å². The molecule has 2 N–H and O–H groups in total. The molecule has 0 radical (unpaired) electrons. The fourth-order valence-electron chi connectivity index (χ4n) is 1.61. The fraction of sp³-hybridized carbons (Fsp3) is 0. The summed E-state index contributed by atoms with van der Waals surface area (Å²) >= 11 is 0. The summed E-state index contributed by atoms with van der Waals surface area (Å²) < 4.78 is 62.5. The summed E-state index contributed by atoms with van der Waals surface area (Å²) in [4.78, 5) is -1.15. The van der Waals surface area contributed by atoms with Crippen molar-refractivity contribution in [3.8, 4) is 0 Å². The minimum absolute atomic E-state index is 0. The third-order valence-corrected chi connectivity index (χ3v) is 4.10. The van der Waals surface area contributed by atoms with Crippen LogP contribution in [0.25, 0.3) is 10.8 Å². The Labute approximate surface area is 132 Å². The molecule has 0 saturated carbocycles. The van der Waals surface area contributed by atoms with Gasteiger partial charge in [-0.15, -0.1) is 0 Å². The number of fused-ring (bicyclic) bond motifs is 1. The molecule has 0 fully saturated rings. The van der Waals surface area contributed by atoms with E-state index in [1.807, 2.05) is 0 Å². The van der Waals surface area contributed by atoms with Crippen molar-refractivity contribution in [2.75, 3.05) is 0 Å². The molecule has 0 aliphatic carbocycles. The molecule has 0 spiro atoms. The van der Waals surface area contributed by atoms with E-state index < -0.39 is 30.0 Å². The van der Waals surface area contributed by atoms with Crippen molar-refractivity contribution < 1.29 is 25.9 Å². The van der Waals surface area contributed by atoms with Crippen LogP contribution in [0.3, 0.4) is 0 Å². The van der Waals surface area contributed by atoms with Gasteiger partial charge in [0.1, 0.15) is 4.90 Å². The Balaban J connectivity index is 0.00000180. The van der Waals surface area contributed by atoms with E-state index in [0.717, 1.165) is 6.07 Å². The van der Waals surface area contributed by atoms with E-state index in [4.69, 9.17) is 9.11 Å². The first-order valence-corrected chi connectivity index (χ1v) is 7.55. The fourth-order valence-corrected chi connectivity index (χ4v) is 2.97. The summed E-state index contributed by atoms with van der Waals surface area (Å²) in [5.74, 6) is 0. The van der Waals surface area contributed by atoms with Crippen molar-refractivity contribution in [3.63, 3.8) is 0 Å². The quantitative estimate of drug-likeness (QED) is 0.623. The molecule has 6 nitrogen and oxygen atoms in total. The van der Waals surface area contributed by atoms with Gasteiger partial charge in [-0.3, -0.25) is 9.11 Å². The normalized spacial score (nSPS) is 12.1. The molecule has 0 aliphatic rings. The van der Waals surface area contributed by atoms with Gasteiger partial charge in [0.05, 0.1) is 4.90 Å². The van der Waals surface area contributed by atoms with Gasteiger partial charge in [0, 0.05) is 5.39 Å². The monoisotopic (exact) mass is 312 g/mol. The molecule has 0 aromatic heterocycles. The standard InChI is InChI=1S/C10H8O6S2.Na.H/c11-17(12,13)8-5-7-3-1-2-4-9(7)10(6-8)18(14,15)16;;/h1-6H,(H,11,12,13)(H,14,15,16);;. The second-order valence-electron chi connectivity index (χ2n) is 3.59. The Bertz CT molecular complexity index is 826. The SMILES string of the molecule is O=S(=O)(O)c1cc(S(=O)(=O)O)c2ccccc2c1.[NaH]. The van der Waals surface area contributed by atoms with Crippen molar-refractivity contribution in [1.29, 1.82) is 0 Å². The van der Waals surface area contributed by atoms with Gasteiger partial charge in [0.15, 0.2) is 0 Å². The van der Waals surface area contributed by atoms with Gasteiger partial charge in [0.2, 0.25) is 0 Å². The zero-order valence-electron chi connectivity index (χ0n) is 8.81. The Kier molecular flexibility index (Phi) is 4.79. The van der Waals surface area contributed by atoms with E-state index in [9.17, 15) is 16.8 Å². The Morgan fingerprint density at radius 1 is 0.842 bits per heavy atom. The van der Waals surface area contributed by atoms with Gasteiger partial charge in [-0.2, -0.15) is 16.8 Å². The van der Waals surface area contributed by atoms with Crippen molar-refractivity contribution >= 4 is 60.6 Å². The summed E-state index contributed by atoms with van der Waals surface area (Å²) in [7, 11) is -9.14. The molecule has 9 heteroatoms. The number of benzene rings is 2. The molecule has 0 saturated heterocycles. The molecule has 98 valence electrons. The summed E-state index contributed by atoms with van der Waals surface area (Å²) in [5.41, 5.74) is 0. The molecule has 2 rings (SSSR count). The summed E-state index contributed by atoms with van der Waals surface area (Å²) in [5, 5.41) is 0.452. The summed E-state index contributed by atoms with van der Waals surface area (Å²) in [6, 6.07) is 7.85. The summed E-state index contributed by atoms with van der Waals surface area (Å²) in [6.45, 7) is 0. The molecule has 2 aromatic carbocycles. The van der Waals surface area contributed by atoms with Crippen LogP contribution in [0, 0.1) is 0 Å². The Hall–Kier alpha value is -0.480. The van der Waals surface area contributed by atoms with E-state index in [0.29, 0.717) is 6.07 Å². The molecular formula is C10H9NaO6S2. The zero-order valence-corrected chi connectivity index (χ0v) is 10.4. The van der Waals surface area contributed by atoms with Crippen LogP contribution in [-0.4, -0.2) is 55.5 Å². The van der Waals surface area contributed by atoms with E-state index in [1.54, 1.807) is 12.1 Å². The molecule has 19 heavy (non-hydrogen) atoms. The predicted octanol–water partition coefficient (Wildman–Crippen LogP) is 0.685. The molecule has 0 aliphatic heterocycles. The number of hydrogen-bond acceptors (Lipinski definition) is 4. The molecule has 2 aromatic rings. The maximum atomic E-state index is 11.2. The van der Waals surface area contributed by atoms with Gasteiger partial charge in [-0.25, -0.2) is 0 Å². The maximum absolute atomic E-state index is 11.2. The minimum atomic E-state index is -4.59. The van der Waals surface area contributed by atoms with Crippen molar-refractivity contribution in [1.82, 2.24) is 0 Å². The summed E-state index contributed by atoms with van der Waals surface area (Å²) in [6.07, 6.45) is 0. The third kappa shape index (κ3) is 3.54. The van der Waals surface area contributed by atoms with Crippen LogP contribution < -0.4 is 0 Å². The van der Waals surface area contributed by atoms with Crippen LogP contribution in [0.2, 0.25) is 0 Å². The van der Waals surface area contributed by atoms with Crippen LogP contribution in [0.4, 0.5) is 0 Å². The van der Waals surface area contributed by atoms with Gasteiger partial charge >= 0.3 is 29.6 Å². The van der Waals surface area contributed by atoms with E-state index in [-0.39, 0.29) is 40.3 Å². The van der Waals surface area contributed by atoms with Crippen LogP contribution in [-0.2, 0) is 20.2 Å². The van der Waals surface area contributed by atoms with Crippen molar-refractivity contribution in [3.05, 3.63) is 36.4 Å². The van der Waals surface area contributed by atoms with Crippen LogP contribution >= 0.6 is 0 Å². The molecule has 0 amide bonds. The molecular weight excluding hydrogens is 303 g/mol. The van der Waals surface area contributed by atoms with Gasteiger partial charge in [-0.1, -0.05) is 24.3 Å². The Morgan fingerprint density at radius 3 is 1.95 bits per heavy atom. The van der Waals surface area contributed by atoms with Gasteiger partial charge < -0.3 is 0 Å². The topological polar surface area (TPSA) is 109 Å². The first-order chi connectivity index (χ1) is 8.19. The first-order valence-electron chi connectivity index (χ1n) is 4.67. The number of hydrogen-bond donors (Lipinski definition) is 2. The molecule has 0 atom stereocenters. The average Bonchev–Trinajstić information content (AvgIpc) is 2.25. The van der Waals surface area contributed by atoms with E-state index in [1.165, 1.54) is 12.1 Å². The van der Waals surface area contributed by atoms with Crippen molar-refractivity contribution in [2.45, 2.75) is 9.79 Å². The van der Waals surface area contributed by atoms with Crippen LogP contribution in [0.15, 0.2) is 46.2 Å².